The van der Waals surface area contributed by atoms with E-state index in [0.717, 1.165) is 36.1 Å². The van der Waals surface area contributed by atoms with Crippen molar-refractivity contribution in [3.05, 3.63) is 71.0 Å². The Morgan fingerprint density at radius 2 is 1.86 bits per heavy atom. The maximum absolute atomic E-state index is 14.3. The summed E-state index contributed by atoms with van der Waals surface area (Å²) in [6.45, 7) is 5.50. The van der Waals surface area contributed by atoms with Gasteiger partial charge in [0, 0.05) is 36.7 Å². The largest absolute Gasteiger partial charge is 0.490 e. The molecule has 0 unspecified atom stereocenters. The van der Waals surface area contributed by atoms with Gasteiger partial charge in [0.05, 0.1) is 53.0 Å². The van der Waals surface area contributed by atoms with Crippen LogP contribution < -0.4 is 15.0 Å². The molecule has 2 aliphatic heterocycles. The van der Waals surface area contributed by atoms with Crippen LogP contribution in [-0.2, 0) is 21.1 Å². The highest BCUT2D eigenvalue weighted by Gasteiger charge is 2.35. The number of ether oxygens (including phenoxy) is 2. The molecule has 2 aliphatic rings. The van der Waals surface area contributed by atoms with Crippen molar-refractivity contribution >= 4 is 44.1 Å². The molecule has 13 heteroatoms. The van der Waals surface area contributed by atoms with Gasteiger partial charge < -0.3 is 19.7 Å². The van der Waals surface area contributed by atoms with Crippen molar-refractivity contribution < 1.29 is 27.1 Å². The molecule has 0 bridgehead atoms. The zero-order valence-corrected chi connectivity index (χ0v) is 25.0. The second-order valence-corrected chi connectivity index (χ2v) is 13.1. The molecule has 3 atom stereocenters. The van der Waals surface area contributed by atoms with Crippen LogP contribution in [0.25, 0.3) is 22.3 Å². The van der Waals surface area contributed by atoms with Gasteiger partial charge in [0.15, 0.2) is 5.75 Å². The van der Waals surface area contributed by atoms with Gasteiger partial charge in [-0.25, -0.2) is 22.8 Å². The monoisotopic (exact) mass is 625 g/mol. The number of carbonyl (C=O) groups is 1. The van der Waals surface area contributed by atoms with Crippen molar-refractivity contribution in [2.24, 2.45) is 0 Å². The van der Waals surface area contributed by atoms with E-state index >= 15 is 0 Å². The summed E-state index contributed by atoms with van der Waals surface area (Å²) in [5, 5.41) is 3.45. The number of carbonyl (C=O) groups excluding carboxylic acids is 1. The second-order valence-electron chi connectivity index (χ2n) is 10.7. The molecule has 0 spiro atoms. The Balaban J connectivity index is 1.21. The summed E-state index contributed by atoms with van der Waals surface area (Å²) in [5.41, 5.74) is 0.437. The highest BCUT2D eigenvalue weighted by molar-refractivity contribution is 7.92. The van der Waals surface area contributed by atoms with Crippen molar-refractivity contribution in [2.75, 3.05) is 24.6 Å². The number of pyridine rings is 3. The Bertz CT molecular complexity index is 1810. The molecule has 5 heterocycles. The van der Waals surface area contributed by atoms with E-state index < -0.39 is 26.1 Å². The van der Waals surface area contributed by atoms with E-state index in [4.69, 9.17) is 31.0 Å². The van der Waals surface area contributed by atoms with Crippen LogP contribution in [-0.4, -0.2) is 66.7 Å². The lowest BCUT2D eigenvalue weighted by atomic mass is 10.1. The number of amides is 1. The van der Waals surface area contributed by atoms with Crippen molar-refractivity contribution in [1.29, 1.82) is 0 Å². The average molecular weight is 626 g/mol. The number of hydrogen-bond acceptors (Lipinski definition) is 9. The molecule has 4 aromatic rings. The summed E-state index contributed by atoms with van der Waals surface area (Å²) >= 11 is 6.23. The molecule has 1 fully saturated rings. The van der Waals surface area contributed by atoms with E-state index in [2.05, 4.69) is 29.0 Å². The maximum Gasteiger partial charge on any atom is 0.251 e. The van der Waals surface area contributed by atoms with E-state index in [1.54, 1.807) is 12.3 Å². The molecule has 224 valence electrons. The number of sulfone groups is 1. The van der Waals surface area contributed by atoms with Gasteiger partial charge in [0.2, 0.25) is 15.3 Å². The van der Waals surface area contributed by atoms with Crippen molar-refractivity contribution in [3.63, 3.8) is 0 Å². The summed E-state index contributed by atoms with van der Waals surface area (Å²) in [5.74, 6) is 0.111. The molecular formula is C30H29ClFN5O5S. The Labute approximate surface area is 253 Å². The average Bonchev–Trinajstić information content (AvgIpc) is 3.10. The molecular weight excluding hydrogens is 597 g/mol. The first-order chi connectivity index (χ1) is 20.6. The van der Waals surface area contributed by atoms with Crippen LogP contribution in [0.1, 0.15) is 36.3 Å². The summed E-state index contributed by atoms with van der Waals surface area (Å²) < 4.78 is 50.8. The van der Waals surface area contributed by atoms with Gasteiger partial charge in [0.25, 0.3) is 5.91 Å². The highest BCUT2D eigenvalue weighted by Crippen LogP contribution is 2.38. The Kier molecular flexibility index (Phi) is 7.92. The highest BCUT2D eigenvalue weighted by atomic mass is 35.5. The predicted octanol–water partition coefficient (Wildman–Crippen LogP) is 4.74. The number of nitrogens with one attached hydrogen (secondary N) is 1. The molecule has 10 nitrogen and oxygen atoms in total. The minimum absolute atomic E-state index is 0.0332. The Hall–Kier alpha value is -3.87. The summed E-state index contributed by atoms with van der Waals surface area (Å²) in [6, 6.07) is 13.8. The number of anilines is 1. The first-order valence-corrected chi connectivity index (χ1v) is 15.8. The molecule has 1 aromatic carbocycles. The number of fused-ring (bicyclic) bond motifs is 2. The van der Waals surface area contributed by atoms with Gasteiger partial charge in [-0.05, 0) is 56.3 Å². The standard InChI is InChI=1S/C30H29ClFN5O5S/c1-17-15-37(16-18(2)42-17)28-5-3-4-23(36-28)24-7-6-19-13-33-21(12-25(19)35-24)14-34-30(38)20-10-22(31)29-26(11-20)43(39,40)27(32)8-9-41-29/h3-7,10-13,17-18,27H,8-9,14-16H2,1-2H3,(H,34,38)/t17-,18+,27-/m1/s1. The van der Waals surface area contributed by atoms with E-state index in [9.17, 15) is 17.6 Å². The summed E-state index contributed by atoms with van der Waals surface area (Å²) in [4.78, 5) is 28.8. The number of hydrogen-bond donors (Lipinski definition) is 1. The van der Waals surface area contributed by atoms with Crippen LogP contribution in [0.5, 0.6) is 5.75 Å². The van der Waals surface area contributed by atoms with Gasteiger partial charge in [-0.2, -0.15) is 0 Å². The van der Waals surface area contributed by atoms with E-state index in [1.165, 1.54) is 6.07 Å². The van der Waals surface area contributed by atoms with Gasteiger partial charge in [0.1, 0.15) is 10.7 Å². The first kappa shape index (κ1) is 29.2. The van der Waals surface area contributed by atoms with Crippen LogP contribution in [0.15, 0.2) is 59.6 Å². The van der Waals surface area contributed by atoms with Crippen LogP contribution in [0.2, 0.25) is 5.02 Å². The fraction of sp³-hybridized carbons (Fsp3) is 0.333. The fourth-order valence-corrected chi connectivity index (χ4v) is 7.01. The van der Waals surface area contributed by atoms with Crippen molar-refractivity contribution in [2.45, 2.75) is 49.4 Å². The third-order valence-corrected chi connectivity index (χ3v) is 9.41. The van der Waals surface area contributed by atoms with Gasteiger partial charge in [-0.3, -0.25) is 9.78 Å². The minimum atomic E-state index is -4.36. The molecule has 1 amide bonds. The number of morpholine rings is 1. The van der Waals surface area contributed by atoms with E-state index in [0.29, 0.717) is 16.9 Å². The summed E-state index contributed by atoms with van der Waals surface area (Å²) in [6.07, 6.45) is 1.56. The third-order valence-electron chi connectivity index (χ3n) is 7.31. The quantitative estimate of drug-likeness (QED) is 0.335. The fourth-order valence-electron chi connectivity index (χ4n) is 5.27. The van der Waals surface area contributed by atoms with E-state index in [-0.39, 0.29) is 48.1 Å². The smallest absolute Gasteiger partial charge is 0.251 e. The van der Waals surface area contributed by atoms with Crippen LogP contribution in [0.4, 0.5) is 10.2 Å². The number of benzene rings is 1. The van der Waals surface area contributed by atoms with Crippen LogP contribution in [0.3, 0.4) is 0 Å². The van der Waals surface area contributed by atoms with Crippen LogP contribution in [0, 0.1) is 0 Å². The minimum Gasteiger partial charge on any atom is -0.490 e. The van der Waals surface area contributed by atoms with Crippen molar-refractivity contribution in [3.8, 4) is 17.1 Å². The normalized spacial score (nSPS) is 21.5. The predicted molar refractivity (Wildman–Crippen MR) is 160 cm³/mol. The lowest BCUT2D eigenvalue weighted by molar-refractivity contribution is -0.00545. The molecule has 1 saturated heterocycles. The third kappa shape index (κ3) is 5.99. The van der Waals surface area contributed by atoms with Crippen LogP contribution >= 0.6 is 11.6 Å². The van der Waals surface area contributed by atoms with Gasteiger partial charge >= 0.3 is 0 Å². The zero-order chi connectivity index (χ0) is 30.3. The lowest BCUT2D eigenvalue weighted by Crippen LogP contribution is -2.45. The number of rotatable bonds is 5. The molecule has 6 rings (SSSR count). The number of halogens is 2. The SMILES string of the molecule is C[C@@H]1CN(c2cccc(-c3ccc4cnc(CNC(=O)c5cc(Cl)c6c(c5)S(=O)(=O)[C@@H](F)CCO6)cc4n3)n2)C[C@H](C)O1. The van der Waals surface area contributed by atoms with Gasteiger partial charge in [-0.15, -0.1) is 0 Å². The Morgan fingerprint density at radius 3 is 2.65 bits per heavy atom. The van der Waals surface area contributed by atoms with E-state index in [1.807, 2.05) is 30.3 Å². The topological polar surface area (TPSA) is 124 Å². The zero-order valence-electron chi connectivity index (χ0n) is 23.5. The van der Waals surface area contributed by atoms with Crippen molar-refractivity contribution in [1.82, 2.24) is 20.3 Å². The molecule has 3 aromatic heterocycles. The number of aromatic nitrogens is 3. The Morgan fingerprint density at radius 1 is 1.09 bits per heavy atom. The number of alkyl halides is 1. The molecule has 0 aliphatic carbocycles. The molecule has 0 saturated carbocycles. The summed E-state index contributed by atoms with van der Waals surface area (Å²) in [7, 11) is -4.36. The molecule has 43 heavy (non-hydrogen) atoms. The molecule has 1 N–H and O–H groups in total. The van der Waals surface area contributed by atoms with Gasteiger partial charge in [-0.1, -0.05) is 17.7 Å². The lowest BCUT2D eigenvalue weighted by Gasteiger charge is -2.36. The molecule has 0 radical (unpaired) electrons. The maximum atomic E-state index is 14.3. The second kappa shape index (κ2) is 11.7. The first-order valence-electron chi connectivity index (χ1n) is 13.8. The number of nitrogens with zero attached hydrogens (tertiary/aromatic N) is 4.